The summed E-state index contributed by atoms with van der Waals surface area (Å²) in [7, 11) is 0. The summed E-state index contributed by atoms with van der Waals surface area (Å²) >= 11 is 0. The number of benzene rings is 1. The molecule has 3 aromatic heterocycles. The second kappa shape index (κ2) is 6.20. The molecule has 0 aliphatic carbocycles. The number of para-hydroxylation sites is 1. The van der Waals surface area contributed by atoms with E-state index in [0.717, 1.165) is 16.6 Å². The van der Waals surface area contributed by atoms with E-state index >= 15 is 0 Å². The largest absolute Gasteiger partial charge is 0.353 e. The molecule has 7 nitrogen and oxygen atoms in total. The molecule has 3 heterocycles. The third-order valence-corrected chi connectivity index (χ3v) is 3.79. The van der Waals surface area contributed by atoms with Crippen LogP contribution in [0.1, 0.15) is 6.92 Å². The van der Waals surface area contributed by atoms with Crippen LogP contribution in [0.4, 0.5) is 10.6 Å². The number of urea groups is 1. The van der Waals surface area contributed by atoms with E-state index in [1.807, 2.05) is 37.3 Å². The first kappa shape index (κ1) is 15.1. The van der Waals surface area contributed by atoms with Gasteiger partial charge in [0.05, 0.1) is 11.9 Å². The molecular formula is C18H16N6O. The average molecular weight is 332 g/mol. The third-order valence-electron chi connectivity index (χ3n) is 3.79. The fourth-order valence-electron chi connectivity index (χ4n) is 2.63. The fraction of sp³-hybridized carbons (Fsp3) is 0.111. The Bertz CT molecular complexity index is 1040. The highest BCUT2D eigenvalue weighted by Gasteiger charge is 2.09. The molecule has 0 aliphatic heterocycles. The molecule has 0 atom stereocenters. The predicted molar refractivity (Wildman–Crippen MR) is 97.3 cm³/mol. The monoisotopic (exact) mass is 332 g/mol. The summed E-state index contributed by atoms with van der Waals surface area (Å²) in [6.45, 7) is 2.40. The van der Waals surface area contributed by atoms with Gasteiger partial charge in [0, 0.05) is 17.4 Å². The van der Waals surface area contributed by atoms with Gasteiger partial charge in [-0.25, -0.2) is 14.8 Å². The quantitative estimate of drug-likeness (QED) is 0.536. The van der Waals surface area contributed by atoms with Crippen molar-refractivity contribution in [3.05, 3.63) is 48.7 Å². The zero-order valence-corrected chi connectivity index (χ0v) is 13.6. The summed E-state index contributed by atoms with van der Waals surface area (Å²) in [6, 6.07) is 13.2. The summed E-state index contributed by atoms with van der Waals surface area (Å²) in [5.41, 5.74) is 3.76. The number of fused-ring (bicyclic) bond motifs is 2. The van der Waals surface area contributed by atoms with Crippen LogP contribution >= 0.6 is 0 Å². The Labute approximate surface area is 143 Å². The zero-order valence-electron chi connectivity index (χ0n) is 13.6. The lowest BCUT2D eigenvalue weighted by molar-refractivity contribution is 0.252. The number of hydrogen-bond acceptors (Lipinski definition) is 4. The maximum Gasteiger partial charge on any atom is 0.320 e. The summed E-state index contributed by atoms with van der Waals surface area (Å²) in [6.07, 6.45) is 1.71. The number of aromatic nitrogens is 4. The van der Waals surface area contributed by atoms with Gasteiger partial charge in [0.2, 0.25) is 0 Å². The van der Waals surface area contributed by atoms with Gasteiger partial charge in [0.25, 0.3) is 0 Å². The van der Waals surface area contributed by atoms with Crippen LogP contribution in [0.25, 0.3) is 33.5 Å². The topological polar surface area (TPSA) is 95.6 Å². The molecule has 0 saturated heterocycles. The second-order valence-corrected chi connectivity index (χ2v) is 5.55. The van der Waals surface area contributed by atoms with Crippen LogP contribution < -0.4 is 10.6 Å². The first-order chi connectivity index (χ1) is 12.2. The van der Waals surface area contributed by atoms with Gasteiger partial charge in [-0.2, -0.15) is 0 Å². The van der Waals surface area contributed by atoms with Crippen molar-refractivity contribution in [2.75, 3.05) is 11.9 Å². The highest BCUT2D eigenvalue weighted by atomic mass is 16.2. The number of H-pyrrole nitrogens is 1. The third kappa shape index (κ3) is 2.99. The molecule has 25 heavy (non-hydrogen) atoms. The molecule has 0 spiro atoms. The molecular weight excluding hydrogens is 316 g/mol. The summed E-state index contributed by atoms with van der Waals surface area (Å²) in [5.74, 6) is 0.432. The number of carbonyl (C=O) groups excluding carboxylic acids is 1. The maximum absolute atomic E-state index is 11.6. The fourth-order valence-corrected chi connectivity index (χ4v) is 2.63. The van der Waals surface area contributed by atoms with Gasteiger partial charge < -0.3 is 10.3 Å². The molecule has 1 aromatic carbocycles. The maximum atomic E-state index is 11.6. The lowest BCUT2D eigenvalue weighted by Crippen LogP contribution is -2.28. The van der Waals surface area contributed by atoms with Crippen molar-refractivity contribution in [3.8, 4) is 11.4 Å². The van der Waals surface area contributed by atoms with Gasteiger partial charge in [0.1, 0.15) is 17.0 Å². The average Bonchev–Trinajstić information content (AvgIpc) is 3.05. The minimum Gasteiger partial charge on any atom is -0.353 e. The zero-order chi connectivity index (χ0) is 17.2. The van der Waals surface area contributed by atoms with Crippen molar-refractivity contribution in [3.63, 3.8) is 0 Å². The Kier molecular flexibility index (Phi) is 3.74. The SMILES string of the molecule is CCNC(=O)Nc1ccc2ncc(-c3cc4ccccc4[nH]3)nc2n1. The van der Waals surface area contributed by atoms with Crippen LogP contribution in [0.3, 0.4) is 0 Å². The van der Waals surface area contributed by atoms with E-state index < -0.39 is 0 Å². The number of carbonyl (C=O) groups is 1. The van der Waals surface area contributed by atoms with Gasteiger partial charge in [-0.3, -0.25) is 10.3 Å². The van der Waals surface area contributed by atoms with E-state index in [4.69, 9.17) is 0 Å². The number of amides is 2. The van der Waals surface area contributed by atoms with Gasteiger partial charge >= 0.3 is 6.03 Å². The second-order valence-electron chi connectivity index (χ2n) is 5.55. The Morgan fingerprint density at radius 3 is 2.88 bits per heavy atom. The molecule has 2 amide bonds. The van der Waals surface area contributed by atoms with Crippen molar-refractivity contribution in [1.82, 2.24) is 25.3 Å². The van der Waals surface area contributed by atoms with Gasteiger partial charge in [-0.1, -0.05) is 18.2 Å². The standard InChI is InChI=1S/C18H16N6O/c1-2-19-18(25)24-16-8-7-13-17(23-16)22-15(10-20-13)14-9-11-5-3-4-6-12(11)21-14/h3-10,21H,2H2,1H3,(H2,19,22,23,24,25). The molecule has 0 saturated carbocycles. The van der Waals surface area contributed by atoms with Crippen LogP contribution in [0.5, 0.6) is 0 Å². The lowest BCUT2D eigenvalue weighted by Gasteiger charge is -2.06. The number of aromatic amines is 1. The van der Waals surface area contributed by atoms with Crippen LogP contribution in [-0.4, -0.2) is 32.5 Å². The minimum atomic E-state index is -0.297. The molecule has 0 bridgehead atoms. The van der Waals surface area contributed by atoms with E-state index in [2.05, 4.69) is 30.6 Å². The van der Waals surface area contributed by atoms with Gasteiger partial charge in [-0.15, -0.1) is 0 Å². The van der Waals surface area contributed by atoms with Crippen molar-refractivity contribution < 1.29 is 4.79 Å². The van der Waals surface area contributed by atoms with Crippen LogP contribution in [0.2, 0.25) is 0 Å². The Morgan fingerprint density at radius 1 is 1.16 bits per heavy atom. The number of pyridine rings is 1. The van der Waals surface area contributed by atoms with E-state index in [1.54, 1.807) is 18.3 Å². The van der Waals surface area contributed by atoms with Crippen molar-refractivity contribution >= 4 is 33.9 Å². The Balaban J connectivity index is 1.71. The molecule has 124 valence electrons. The number of hydrogen-bond donors (Lipinski definition) is 3. The van der Waals surface area contributed by atoms with Gasteiger partial charge in [0.15, 0.2) is 5.65 Å². The van der Waals surface area contributed by atoms with Gasteiger partial charge in [-0.05, 0) is 31.2 Å². The number of anilines is 1. The first-order valence-corrected chi connectivity index (χ1v) is 8.00. The van der Waals surface area contributed by atoms with Crippen LogP contribution in [0.15, 0.2) is 48.7 Å². The highest BCUT2D eigenvalue weighted by Crippen LogP contribution is 2.23. The van der Waals surface area contributed by atoms with Crippen molar-refractivity contribution in [1.29, 1.82) is 0 Å². The highest BCUT2D eigenvalue weighted by molar-refractivity contribution is 5.89. The first-order valence-electron chi connectivity index (χ1n) is 8.00. The van der Waals surface area contributed by atoms with Crippen LogP contribution in [-0.2, 0) is 0 Å². The normalized spacial score (nSPS) is 10.9. The summed E-state index contributed by atoms with van der Waals surface area (Å²) in [5, 5.41) is 6.45. The summed E-state index contributed by atoms with van der Waals surface area (Å²) in [4.78, 5) is 28.3. The van der Waals surface area contributed by atoms with E-state index in [-0.39, 0.29) is 6.03 Å². The van der Waals surface area contributed by atoms with E-state index in [1.165, 1.54) is 0 Å². The molecule has 0 fully saturated rings. The summed E-state index contributed by atoms with van der Waals surface area (Å²) < 4.78 is 0. The molecule has 4 rings (SSSR count). The molecule has 0 unspecified atom stereocenters. The van der Waals surface area contributed by atoms with E-state index in [9.17, 15) is 4.79 Å². The van der Waals surface area contributed by atoms with Crippen LogP contribution in [0, 0.1) is 0 Å². The number of rotatable bonds is 3. The molecule has 0 aliphatic rings. The van der Waals surface area contributed by atoms with Crippen molar-refractivity contribution in [2.45, 2.75) is 6.92 Å². The molecule has 4 aromatic rings. The smallest absolute Gasteiger partial charge is 0.320 e. The molecule has 7 heteroatoms. The number of nitrogens with one attached hydrogen (secondary N) is 3. The van der Waals surface area contributed by atoms with E-state index in [0.29, 0.717) is 29.2 Å². The Hall–Kier alpha value is -3.48. The lowest BCUT2D eigenvalue weighted by atomic mass is 10.2. The predicted octanol–water partition coefficient (Wildman–Crippen LogP) is 3.31. The molecule has 0 radical (unpaired) electrons. The molecule has 3 N–H and O–H groups in total. The van der Waals surface area contributed by atoms with Crippen molar-refractivity contribution in [2.24, 2.45) is 0 Å². The minimum absolute atomic E-state index is 0.297. The Morgan fingerprint density at radius 2 is 2.04 bits per heavy atom. The number of nitrogens with zero attached hydrogens (tertiary/aromatic N) is 3.